The fourth-order valence-electron chi connectivity index (χ4n) is 18.5. The van der Waals surface area contributed by atoms with Crippen molar-refractivity contribution >= 4 is 166 Å². The van der Waals surface area contributed by atoms with Gasteiger partial charge < -0.3 is 76.3 Å². The fourth-order valence-corrected chi connectivity index (χ4v) is 19.5. The standard InChI is InChI=1S/C22H23ClN6.C22H24ClN5O.C21H19ClFN7.C21H21ClN4O2.C20H20ClN5O/c1-15(12-24)6-9-29-10-7-16(8-11-29)27-22-26-14-19(23)21(28-22)18-13-25-20-5-3-2-4-17(18)20;1-2-20(29)25-11-14-7-9-15(10-8-14)27-22-26-13-18(23)21(28-22)17-12-24-19-6-4-3-5-16(17)19;22-16-12-26-21(29-19(16)15-11-25-17-4-2-1-3-14(15)17)27-13-6-9-30(10-7-13)18-5-8-24-20(23)28-18;1-2-19(27)28-14-9-7-13(8-10-14)25-21-24-12-17(22)20(26-21)16-11-23-18-6-4-3-5-15(16)18;1-2-18(27)26-9-7-13(8-10-26)24-20-23-12-16(21)19(25-20)15-11-22-17-6-4-3-5-14(15)17/h2-5,13-14,16,25H,1,6-11H2,(H,26,27,28);2-6,12-15,24H,1,7-11H2,(H,25,29)(H,26,27,28);1-5,8,11-13,25H,6-7,9-10H2,(H,26,27,29);2-6,11-14,23H,1,7-10H2,(H,24,25,26);2-6,11-13,22H,1,7-10H2,(H,23,24,25). The molecule has 0 radical (unpaired) electrons. The Balaban J connectivity index is 0.000000123. The van der Waals surface area contributed by atoms with Gasteiger partial charge in [0.2, 0.25) is 41.6 Å². The predicted octanol–water partition coefficient (Wildman–Crippen LogP) is 22.1. The van der Waals surface area contributed by atoms with E-state index in [9.17, 15) is 18.8 Å². The molecule has 21 rings (SSSR count). The number of nitrogens with zero attached hydrogens (tertiary/aromatic N) is 16. The molecule has 37 heteroatoms. The summed E-state index contributed by atoms with van der Waals surface area (Å²) >= 11 is 32.0. The molecule has 5 fully saturated rings. The third-order valence-corrected chi connectivity index (χ3v) is 27.6. The van der Waals surface area contributed by atoms with Gasteiger partial charge >= 0.3 is 12.0 Å². The minimum atomic E-state index is -0.702. The number of nitriles is 1. The number of anilines is 6. The number of esters is 1. The molecular formula is C106H107Cl5FN27O4. The van der Waals surface area contributed by atoms with Gasteiger partial charge in [-0.1, -0.05) is 175 Å². The summed E-state index contributed by atoms with van der Waals surface area (Å²) in [4.78, 5) is 110. The lowest BCUT2D eigenvalue weighted by Crippen LogP contribution is -2.41. The molecule has 11 N–H and O–H groups in total. The van der Waals surface area contributed by atoms with E-state index in [0.29, 0.717) is 121 Å². The number of hydrogen-bond acceptors (Lipinski definition) is 24. The summed E-state index contributed by atoms with van der Waals surface area (Å²) in [5, 5.41) is 36.8. The van der Waals surface area contributed by atoms with E-state index < -0.39 is 6.08 Å². The van der Waals surface area contributed by atoms with Crippen LogP contribution in [0.1, 0.15) is 96.3 Å². The molecule has 5 aromatic carbocycles. The van der Waals surface area contributed by atoms with E-state index in [4.69, 9.17) is 78.0 Å². The molecule has 3 aliphatic heterocycles. The van der Waals surface area contributed by atoms with E-state index in [0.717, 1.165) is 223 Å². The average Bonchev–Trinajstić information content (AvgIpc) is 1.69. The van der Waals surface area contributed by atoms with Gasteiger partial charge in [-0.05, 0) is 151 Å². The molecule has 143 heavy (non-hydrogen) atoms. The van der Waals surface area contributed by atoms with E-state index in [1.54, 1.807) is 37.1 Å². The first-order chi connectivity index (χ1) is 69.7. The van der Waals surface area contributed by atoms with Crippen LogP contribution in [0, 0.1) is 23.3 Å². The first-order valence-electron chi connectivity index (χ1n) is 47.7. The number of H-pyrrole nitrogens is 5. The van der Waals surface area contributed by atoms with Crippen LogP contribution in [0.4, 0.5) is 39.9 Å². The van der Waals surface area contributed by atoms with Crippen molar-refractivity contribution < 1.29 is 23.5 Å². The number of para-hydroxylation sites is 5. The molecule has 31 nitrogen and oxygen atoms in total. The van der Waals surface area contributed by atoms with Crippen molar-refractivity contribution in [2.75, 3.05) is 83.8 Å². The maximum atomic E-state index is 13.3. The van der Waals surface area contributed by atoms with Gasteiger partial charge in [-0.3, -0.25) is 9.59 Å². The number of benzene rings is 5. The van der Waals surface area contributed by atoms with Crippen molar-refractivity contribution in [3.05, 3.63) is 277 Å². The first-order valence-corrected chi connectivity index (χ1v) is 49.6. The molecule has 732 valence electrons. The molecule has 3 saturated heterocycles. The number of aromatic amines is 5. The number of rotatable bonds is 25. The highest BCUT2D eigenvalue weighted by Gasteiger charge is 2.30. The number of fused-ring (bicyclic) bond motifs is 5. The Bertz CT molecular complexity index is 7240. The van der Waals surface area contributed by atoms with E-state index in [1.165, 1.54) is 24.4 Å². The number of hydrogen-bond donors (Lipinski definition) is 11. The SMILES string of the molecule is C=C(C#N)CCN1CCC(Nc2ncc(Cl)c(-c3c[nH]c4ccccc34)n2)CC1.C=CC(=O)N1CCC(Nc2ncc(Cl)c(-c3c[nH]c4ccccc34)n2)CC1.C=CC(=O)NCC1CCC(Nc2ncc(Cl)c(-c3c[nH]c4ccccc34)n2)CC1.C=CC(=O)OC1CCC(Nc2ncc(Cl)c(-c3c[nH]c4ccccc34)n2)CC1.Fc1nccc(N2CCC(Nc3ncc(Cl)c(-c4c[nH]c5ccccc45)n3)CC2)n1. The summed E-state index contributed by atoms with van der Waals surface area (Å²) in [7, 11) is 0. The van der Waals surface area contributed by atoms with Gasteiger partial charge in [0.1, 0.15) is 11.9 Å². The highest BCUT2D eigenvalue weighted by molar-refractivity contribution is 6.35. The van der Waals surface area contributed by atoms with Crippen LogP contribution in [0.2, 0.25) is 25.1 Å². The van der Waals surface area contributed by atoms with E-state index in [-0.39, 0.29) is 42.0 Å². The Kier molecular flexibility index (Phi) is 33.3. The Morgan fingerprint density at radius 1 is 0.420 bits per heavy atom. The quantitative estimate of drug-likeness (QED) is 0.0110. The molecule has 0 unspecified atom stereocenters. The van der Waals surface area contributed by atoms with Gasteiger partial charge in [-0.15, -0.1) is 0 Å². The number of ether oxygens (including phenoxy) is 1. The number of amides is 2. The zero-order valence-electron chi connectivity index (χ0n) is 78.4. The number of piperidine rings is 3. The Morgan fingerprint density at radius 2 is 0.748 bits per heavy atom. The Labute approximate surface area is 850 Å². The summed E-state index contributed by atoms with van der Waals surface area (Å²) in [6.45, 7) is 20.7. The fraction of sp³-hybridized carbons (Fsp3) is 0.283. The number of carbonyl (C=O) groups excluding carboxylic acids is 3. The number of halogens is 6. The third kappa shape index (κ3) is 25.4. The second kappa shape index (κ2) is 47.7. The van der Waals surface area contributed by atoms with Crippen LogP contribution in [-0.4, -0.2) is 201 Å². The second-order valence-electron chi connectivity index (χ2n) is 35.5. The van der Waals surface area contributed by atoms with Crippen LogP contribution in [0.25, 0.3) is 111 Å². The van der Waals surface area contributed by atoms with E-state index >= 15 is 0 Å². The lowest BCUT2D eigenvalue weighted by molar-refractivity contribution is -0.144. The van der Waals surface area contributed by atoms with Gasteiger partial charge in [0.05, 0.1) is 90.6 Å². The average molecular weight is 2020 g/mol. The highest BCUT2D eigenvalue weighted by Crippen LogP contribution is 2.40. The maximum Gasteiger partial charge on any atom is 0.330 e. The third-order valence-electron chi connectivity index (χ3n) is 26.2. The van der Waals surface area contributed by atoms with Crippen LogP contribution < -0.4 is 36.8 Å². The first kappa shape index (κ1) is 99.8. The minimum Gasteiger partial charge on any atom is -0.459 e. The molecule has 14 heterocycles. The van der Waals surface area contributed by atoms with Crippen molar-refractivity contribution in [2.45, 2.75) is 133 Å². The Morgan fingerprint density at radius 3 is 1.08 bits per heavy atom. The molecule has 0 spiro atoms. The molecule has 2 aliphatic carbocycles. The summed E-state index contributed by atoms with van der Waals surface area (Å²) < 4.78 is 18.6. The van der Waals surface area contributed by atoms with Gasteiger partial charge in [0, 0.05) is 214 Å². The topological polar surface area (TPSA) is 400 Å². The lowest BCUT2D eigenvalue weighted by atomic mass is 9.86. The maximum absolute atomic E-state index is 13.3. The van der Waals surface area contributed by atoms with Gasteiger partial charge in [0.25, 0.3) is 0 Å². The van der Waals surface area contributed by atoms with Gasteiger partial charge in [-0.2, -0.15) is 14.6 Å². The van der Waals surface area contributed by atoms with Crippen molar-refractivity contribution in [2.24, 2.45) is 5.92 Å². The van der Waals surface area contributed by atoms with Crippen LogP contribution in [-0.2, 0) is 19.1 Å². The van der Waals surface area contributed by atoms with Crippen LogP contribution in [0.3, 0.4) is 0 Å². The zero-order chi connectivity index (χ0) is 99.2. The molecule has 2 amide bonds. The molecule has 2 saturated carbocycles. The van der Waals surface area contributed by atoms with Crippen LogP contribution >= 0.6 is 58.0 Å². The van der Waals surface area contributed by atoms with Crippen LogP contribution in [0.15, 0.2) is 246 Å². The number of aromatic nitrogens is 17. The van der Waals surface area contributed by atoms with Crippen LogP contribution in [0.5, 0.6) is 0 Å². The molecule has 5 aliphatic rings. The molecule has 16 aromatic rings. The minimum absolute atomic E-state index is 0.0159. The molecule has 0 atom stereocenters. The lowest BCUT2D eigenvalue weighted by Gasteiger charge is -2.33. The largest absolute Gasteiger partial charge is 0.459 e. The number of nitrogens with one attached hydrogen (secondary N) is 11. The van der Waals surface area contributed by atoms with E-state index in [2.05, 4.69) is 161 Å². The van der Waals surface area contributed by atoms with Gasteiger partial charge in [0.15, 0.2) is 0 Å². The highest BCUT2D eigenvalue weighted by atomic mass is 35.5. The summed E-state index contributed by atoms with van der Waals surface area (Å²) in [5.74, 6) is 3.48. The van der Waals surface area contributed by atoms with Crippen molar-refractivity contribution in [1.29, 1.82) is 5.26 Å². The monoisotopic (exact) mass is 2020 g/mol. The van der Waals surface area contributed by atoms with Crippen molar-refractivity contribution in [3.63, 3.8) is 0 Å². The molecule has 0 bridgehead atoms. The number of carbonyl (C=O) groups is 3. The predicted molar refractivity (Wildman–Crippen MR) is 567 cm³/mol. The summed E-state index contributed by atoms with van der Waals surface area (Å²) in [6, 6.07) is 45.4. The second-order valence-corrected chi connectivity index (χ2v) is 37.6. The summed E-state index contributed by atoms with van der Waals surface area (Å²) in [5.41, 5.74) is 14.2. The molecule has 11 aromatic heterocycles. The van der Waals surface area contributed by atoms with Crippen molar-refractivity contribution in [1.82, 2.24) is 99.8 Å². The zero-order valence-corrected chi connectivity index (χ0v) is 82.2. The normalized spacial score (nSPS) is 16.7. The van der Waals surface area contributed by atoms with Crippen molar-refractivity contribution in [3.8, 4) is 62.4 Å². The molecular weight excluding hydrogens is 1910 g/mol. The Hall–Kier alpha value is -14.7. The number of likely N-dealkylation sites (tertiary alicyclic amines) is 2. The van der Waals surface area contributed by atoms with E-state index in [1.807, 2.05) is 145 Å². The van der Waals surface area contributed by atoms with Gasteiger partial charge in [-0.25, -0.2) is 59.6 Å². The smallest absolute Gasteiger partial charge is 0.330 e. The summed E-state index contributed by atoms with van der Waals surface area (Å²) in [6.07, 6.45) is 36.1.